The first kappa shape index (κ1) is 19.3. The van der Waals surface area contributed by atoms with Crippen molar-refractivity contribution in [2.24, 2.45) is 0 Å². The molecule has 0 heterocycles. The molecule has 20 heavy (non-hydrogen) atoms. The molecule has 0 aliphatic heterocycles. The van der Waals surface area contributed by atoms with Gasteiger partial charge in [-0.3, -0.25) is 0 Å². The summed E-state index contributed by atoms with van der Waals surface area (Å²) in [5.74, 6) is -0.724. The Kier molecular flexibility index (Phi) is 10.7. The van der Waals surface area contributed by atoms with Crippen LogP contribution in [-0.2, 0) is 19.1 Å². The number of hydrogen-bond donors (Lipinski definition) is 0. The van der Waals surface area contributed by atoms with E-state index < -0.39 is 0 Å². The summed E-state index contributed by atoms with van der Waals surface area (Å²) in [5.41, 5.74) is 0. The second kappa shape index (κ2) is 11.1. The van der Waals surface area contributed by atoms with Gasteiger partial charge >= 0.3 is 137 Å². The molecule has 0 rings (SSSR count). The molecule has 0 aliphatic rings. The van der Waals surface area contributed by atoms with Crippen molar-refractivity contribution < 1.29 is 19.1 Å². The van der Waals surface area contributed by atoms with Crippen molar-refractivity contribution in [3.8, 4) is 0 Å². The second-order valence-corrected chi connectivity index (χ2v) is 9.43. The molecular formula is C15H23O4Tl. The van der Waals surface area contributed by atoms with E-state index in [0.717, 1.165) is 57.9 Å². The fourth-order valence-electron chi connectivity index (χ4n) is 1.79. The van der Waals surface area contributed by atoms with Crippen LogP contribution in [0.15, 0.2) is 25.3 Å². The molecule has 0 bridgehead atoms. The second-order valence-electron chi connectivity index (χ2n) is 4.67. The van der Waals surface area contributed by atoms with Crippen LogP contribution in [0, 0.1) is 0 Å². The van der Waals surface area contributed by atoms with Crippen LogP contribution in [0.4, 0.5) is 0 Å². The van der Waals surface area contributed by atoms with Crippen LogP contribution in [0.1, 0.15) is 39.0 Å². The monoisotopic (exact) mass is 472 g/mol. The van der Waals surface area contributed by atoms with E-state index >= 15 is 0 Å². The standard InChI is InChI=1S/C15H23O4.Tl/c1-4-13(9-7-11-18-14(16)5-2)10-8-12-19-15(17)6-3;/h5-6H,2-4,7-12H2,1H3;. The van der Waals surface area contributed by atoms with Crippen molar-refractivity contribution in [3.63, 3.8) is 0 Å². The van der Waals surface area contributed by atoms with Gasteiger partial charge in [0.25, 0.3) is 0 Å². The molecule has 5 heteroatoms. The maximum absolute atomic E-state index is 10.9. The van der Waals surface area contributed by atoms with Gasteiger partial charge in [0, 0.05) is 0 Å². The molecular weight excluding hydrogens is 449 g/mol. The summed E-state index contributed by atoms with van der Waals surface area (Å²) in [7, 11) is 0. The first-order valence-electron chi connectivity index (χ1n) is 6.84. The van der Waals surface area contributed by atoms with Gasteiger partial charge in [-0.1, -0.05) is 0 Å². The van der Waals surface area contributed by atoms with Crippen molar-refractivity contribution in [1.29, 1.82) is 0 Å². The van der Waals surface area contributed by atoms with E-state index in [2.05, 4.69) is 20.1 Å². The summed E-state index contributed by atoms with van der Waals surface area (Å²) in [6.07, 6.45) is 7.32. The van der Waals surface area contributed by atoms with Gasteiger partial charge in [-0.15, -0.1) is 0 Å². The summed E-state index contributed by atoms with van der Waals surface area (Å²) >= 11 is 0.850. The molecule has 0 aromatic carbocycles. The topological polar surface area (TPSA) is 52.6 Å². The fourth-order valence-corrected chi connectivity index (χ4v) is 3.38. The Bertz CT molecular complexity index is 311. The Labute approximate surface area is 137 Å². The molecule has 110 valence electrons. The van der Waals surface area contributed by atoms with Gasteiger partial charge in [0.1, 0.15) is 0 Å². The fraction of sp³-hybridized carbons (Fsp3) is 0.600. The zero-order valence-corrected chi connectivity index (χ0v) is 16.7. The van der Waals surface area contributed by atoms with E-state index in [9.17, 15) is 9.59 Å². The molecule has 0 unspecified atom stereocenters. The summed E-state index contributed by atoms with van der Waals surface area (Å²) in [6.45, 7) is 9.81. The number of carbonyl (C=O) groups is 2. The Hall–Kier alpha value is -0.658. The van der Waals surface area contributed by atoms with E-state index in [0.29, 0.717) is 16.2 Å². The van der Waals surface area contributed by atoms with Crippen LogP contribution in [0.5, 0.6) is 0 Å². The molecule has 0 N–H and O–H groups in total. The van der Waals surface area contributed by atoms with Crippen LogP contribution in [-0.4, -0.2) is 50.9 Å². The van der Waals surface area contributed by atoms with Crippen LogP contribution in [0.2, 0.25) is 2.97 Å². The average Bonchev–Trinajstić information content (AvgIpc) is 2.47. The first-order chi connectivity index (χ1) is 9.47. The van der Waals surface area contributed by atoms with Gasteiger partial charge in [0.05, 0.1) is 0 Å². The minimum absolute atomic E-state index is 0.348. The Morgan fingerprint density at radius 2 is 1.45 bits per heavy atom. The summed E-state index contributed by atoms with van der Waals surface area (Å²) in [5, 5.41) is 0. The summed E-state index contributed by atoms with van der Waals surface area (Å²) in [6, 6.07) is 0. The Morgan fingerprint density at radius 3 is 1.75 bits per heavy atom. The minimum atomic E-state index is -0.362. The van der Waals surface area contributed by atoms with Gasteiger partial charge < -0.3 is 0 Å². The maximum atomic E-state index is 10.9. The molecule has 0 aromatic rings. The van der Waals surface area contributed by atoms with Gasteiger partial charge in [-0.05, 0) is 0 Å². The van der Waals surface area contributed by atoms with Crippen LogP contribution < -0.4 is 0 Å². The van der Waals surface area contributed by atoms with Crippen LogP contribution in [0.25, 0.3) is 0 Å². The van der Waals surface area contributed by atoms with E-state index in [1.807, 2.05) is 0 Å². The van der Waals surface area contributed by atoms with Gasteiger partial charge in [-0.25, -0.2) is 0 Å². The van der Waals surface area contributed by atoms with Gasteiger partial charge in [0.15, 0.2) is 0 Å². The third kappa shape index (κ3) is 9.28. The molecule has 0 spiro atoms. The summed E-state index contributed by atoms with van der Waals surface area (Å²) in [4.78, 5) is 21.8. The van der Waals surface area contributed by atoms with Crippen molar-refractivity contribution in [2.75, 3.05) is 13.2 Å². The molecule has 0 amide bonds. The molecule has 0 aliphatic carbocycles. The number of hydrogen-bond acceptors (Lipinski definition) is 4. The first-order valence-corrected chi connectivity index (χ1v) is 9.09. The van der Waals surface area contributed by atoms with Crippen molar-refractivity contribution >= 4 is 37.7 Å². The van der Waals surface area contributed by atoms with Crippen LogP contribution in [0.3, 0.4) is 0 Å². The van der Waals surface area contributed by atoms with E-state index in [1.54, 1.807) is 0 Å². The van der Waals surface area contributed by atoms with Gasteiger partial charge in [0.2, 0.25) is 0 Å². The third-order valence-corrected chi connectivity index (χ3v) is 7.00. The zero-order chi connectivity index (χ0) is 15.4. The van der Waals surface area contributed by atoms with Crippen molar-refractivity contribution in [3.05, 3.63) is 25.3 Å². The van der Waals surface area contributed by atoms with E-state index in [1.165, 1.54) is 12.2 Å². The number of carbonyl (C=O) groups excluding carboxylic acids is 2. The van der Waals surface area contributed by atoms with E-state index in [4.69, 9.17) is 9.47 Å². The third-order valence-electron chi connectivity index (χ3n) is 3.16. The Balaban J connectivity index is 3.88. The molecule has 0 saturated heterocycles. The van der Waals surface area contributed by atoms with E-state index in [-0.39, 0.29) is 11.9 Å². The van der Waals surface area contributed by atoms with Crippen LogP contribution >= 0.6 is 0 Å². The normalized spacial score (nSPS) is 10.6. The zero-order valence-electron chi connectivity index (χ0n) is 12.2. The molecule has 0 saturated carbocycles. The predicted octanol–water partition coefficient (Wildman–Crippen LogP) is 2.74. The molecule has 0 radical (unpaired) electrons. The number of ether oxygens (including phenoxy) is 2. The quantitative estimate of drug-likeness (QED) is 0.201. The Morgan fingerprint density at radius 1 is 1.05 bits per heavy atom. The molecule has 0 aromatic heterocycles. The number of esters is 2. The van der Waals surface area contributed by atoms with Crippen molar-refractivity contribution in [1.82, 2.24) is 0 Å². The van der Waals surface area contributed by atoms with Crippen molar-refractivity contribution in [2.45, 2.75) is 42.0 Å². The predicted molar refractivity (Wildman–Crippen MR) is 79.5 cm³/mol. The number of rotatable bonds is 11. The molecule has 0 atom stereocenters. The van der Waals surface area contributed by atoms with Gasteiger partial charge in [-0.2, -0.15) is 0 Å². The average molecular weight is 472 g/mol. The SMILES string of the molecule is C=CC(=O)OCCC[C]([Tl])(CC)CCCOC(=O)C=C. The molecule has 4 nitrogen and oxygen atoms in total. The summed E-state index contributed by atoms with van der Waals surface area (Å²) < 4.78 is 10.3. The molecule has 0 fully saturated rings.